The Bertz CT molecular complexity index is 507. The molecule has 2 aliphatic heterocycles. The van der Waals surface area contributed by atoms with E-state index in [9.17, 15) is 4.79 Å². The summed E-state index contributed by atoms with van der Waals surface area (Å²) in [5.41, 5.74) is 1.27. The molecule has 0 spiro atoms. The fraction of sp³-hybridized carbons (Fsp3) is 0.600. The third-order valence-electron chi connectivity index (χ3n) is 4.10. The van der Waals surface area contributed by atoms with E-state index in [-0.39, 0.29) is 6.03 Å². The van der Waals surface area contributed by atoms with Crippen molar-refractivity contribution in [2.75, 3.05) is 38.0 Å². The molecule has 114 valence electrons. The first-order valence-corrected chi connectivity index (χ1v) is 7.72. The summed E-state index contributed by atoms with van der Waals surface area (Å²) in [5, 5.41) is 6.24. The largest absolute Gasteiger partial charge is 0.370 e. The predicted molar refractivity (Wildman–Crippen MR) is 82.2 cm³/mol. The first kappa shape index (κ1) is 14.1. The number of hydrogen-bond acceptors (Lipinski definition) is 4. The Balaban J connectivity index is 1.58. The first-order valence-electron chi connectivity index (χ1n) is 7.72. The molecule has 0 radical (unpaired) electrons. The van der Waals surface area contributed by atoms with E-state index in [1.54, 1.807) is 0 Å². The quantitative estimate of drug-likeness (QED) is 0.852. The van der Waals surface area contributed by atoms with Gasteiger partial charge in [-0.3, -0.25) is 4.90 Å². The maximum atomic E-state index is 11.6. The van der Waals surface area contributed by atoms with E-state index < -0.39 is 0 Å². The number of amides is 2. The van der Waals surface area contributed by atoms with Gasteiger partial charge in [0.1, 0.15) is 5.82 Å². The molecule has 2 fully saturated rings. The van der Waals surface area contributed by atoms with Gasteiger partial charge in [-0.15, -0.1) is 0 Å². The van der Waals surface area contributed by atoms with Crippen molar-refractivity contribution in [3.63, 3.8) is 0 Å². The highest BCUT2D eigenvalue weighted by Gasteiger charge is 2.35. The Hall–Kier alpha value is -1.82. The lowest BCUT2D eigenvalue weighted by molar-refractivity contribution is 0.116. The number of nitrogens with zero attached hydrogens (tertiary/aromatic N) is 3. The molecule has 6 nitrogen and oxygen atoms in total. The van der Waals surface area contributed by atoms with Gasteiger partial charge in [-0.25, -0.2) is 9.78 Å². The summed E-state index contributed by atoms with van der Waals surface area (Å²) in [6.07, 6.45) is 2.96. The standard InChI is InChI=1S/C15H23N5O/c1-2-4-16-14-8-12(3-5-17-14)10-19-6-7-20-13(11-19)9-18-15(20)21/h3,5,8,13H,2,4,6-7,9-11H2,1H3,(H,16,17)(H,18,21). The van der Waals surface area contributed by atoms with Gasteiger partial charge in [-0.1, -0.05) is 6.92 Å². The molecule has 1 aromatic rings. The van der Waals surface area contributed by atoms with Crippen LogP contribution in [0, 0.1) is 0 Å². The summed E-state index contributed by atoms with van der Waals surface area (Å²) in [7, 11) is 0. The van der Waals surface area contributed by atoms with Crippen LogP contribution in [0.2, 0.25) is 0 Å². The Morgan fingerprint density at radius 3 is 3.24 bits per heavy atom. The number of urea groups is 1. The van der Waals surface area contributed by atoms with Gasteiger partial charge < -0.3 is 15.5 Å². The number of rotatable bonds is 5. The average molecular weight is 289 g/mol. The van der Waals surface area contributed by atoms with E-state index in [4.69, 9.17) is 0 Å². The fourth-order valence-corrected chi connectivity index (χ4v) is 2.99. The number of aromatic nitrogens is 1. The minimum atomic E-state index is 0.0922. The minimum absolute atomic E-state index is 0.0922. The van der Waals surface area contributed by atoms with Crippen LogP contribution in [0.25, 0.3) is 0 Å². The van der Waals surface area contributed by atoms with Gasteiger partial charge in [0, 0.05) is 45.5 Å². The van der Waals surface area contributed by atoms with Crippen LogP contribution < -0.4 is 10.6 Å². The molecule has 0 aliphatic carbocycles. The van der Waals surface area contributed by atoms with E-state index in [0.29, 0.717) is 6.04 Å². The highest BCUT2D eigenvalue weighted by atomic mass is 16.2. The molecule has 0 saturated carbocycles. The summed E-state index contributed by atoms with van der Waals surface area (Å²) in [4.78, 5) is 20.3. The Morgan fingerprint density at radius 1 is 1.48 bits per heavy atom. The normalized spacial score (nSPS) is 22.0. The molecule has 3 rings (SSSR count). The van der Waals surface area contributed by atoms with E-state index in [2.05, 4.69) is 39.6 Å². The third kappa shape index (κ3) is 3.26. The molecule has 6 heteroatoms. The van der Waals surface area contributed by atoms with Crippen LogP contribution in [0.3, 0.4) is 0 Å². The van der Waals surface area contributed by atoms with Crippen molar-refractivity contribution < 1.29 is 4.79 Å². The number of anilines is 1. The van der Waals surface area contributed by atoms with Gasteiger partial charge in [0.15, 0.2) is 0 Å². The zero-order valence-corrected chi connectivity index (χ0v) is 12.5. The van der Waals surface area contributed by atoms with Gasteiger partial charge >= 0.3 is 6.03 Å². The number of piperazine rings is 1. The summed E-state index contributed by atoms with van der Waals surface area (Å²) < 4.78 is 0. The number of hydrogen-bond donors (Lipinski definition) is 2. The predicted octanol–water partition coefficient (Wildman–Crippen LogP) is 1.11. The first-order chi connectivity index (χ1) is 10.3. The molecule has 2 saturated heterocycles. The van der Waals surface area contributed by atoms with Crippen LogP contribution in [0.4, 0.5) is 10.6 Å². The van der Waals surface area contributed by atoms with Crippen LogP contribution in [0.1, 0.15) is 18.9 Å². The summed E-state index contributed by atoms with van der Waals surface area (Å²) in [6.45, 7) is 7.49. The van der Waals surface area contributed by atoms with E-state index in [0.717, 1.165) is 51.5 Å². The van der Waals surface area contributed by atoms with Crippen molar-refractivity contribution in [3.05, 3.63) is 23.9 Å². The van der Waals surface area contributed by atoms with Gasteiger partial charge in [0.05, 0.1) is 6.04 Å². The second-order valence-electron chi connectivity index (χ2n) is 5.74. The molecular weight excluding hydrogens is 266 g/mol. The van der Waals surface area contributed by atoms with Crippen LogP contribution in [-0.4, -0.2) is 59.6 Å². The van der Waals surface area contributed by atoms with Crippen molar-refractivity contribution in [3.8, 4) is 0 Å². The summed E-state index contributed by atoms with van der Waals surface area (Å²) in [5.74, 6) is 0.950. The van der Waals surface area contributed by atoms with Gasteiger partial charge in [-0.2, -0.15) is 0 Å². The van der Waals surface area contributed by atoms with Crippen molar-refractivity contribution >= 4 is 11.8 Å². The number of nitrogens with one attached hydrogen (secondary N) is 2. The molecule has 2 N–H and O–H groups in total. The van der Waals surface area contributed by atoms with Crippen molar-refractivity contribution in [1.29, 1.82) is 0 Å². The van der Waals surface area contributed by atoms with E-state index in [1.807, 2.05) is 11.1 Å². The molecule has 2 aliphatic rings. The molecule has 2 amide bonds. The lowest BCUT2D eigenvalue weighted by atomic mass is 10.1. The van der Waals surface area contributed by atoms with Crippen LogP contribution in [0.15, 0.2) is 18.3 Å². The molecule has 1 aromatic heterocycles. The number of fused-ring (bicyclic) bond motifs is 1. The summed E-state index contributed by atoms with van der Waals surface area (Å²) in [6, 6.07) is 4.61. The van der Waals surface area contributed by atoms with Gasteiger partial charge in [0.2, 0.25) is 0 Å². The maximum Gasteiger partial charge on any atom is 0.317 e. The molecule has 1 atom stereocenters. The van der Waals surface area contributed by atoms with E-state index >= 15 is 0 Å². The molecule has 21 heavy (non-hydrogen) atoms. The zero-order chi connectivity index (χ0) is 14.7. The minimum Gasteiger partial charge on any atom is -0.370 e. The lowest BCUT2D eigenvalue weighted by Crippen LogP contribution is -2.51. The van der Waals surface area contributed by atoms with Crippen LogP contribution >= 0.6 is 0 Å². The van der Waals surface area contributed by atoms with Crippen molar-refractivity contribution in [2.24, 2.45) is 0 Å². The average Bonchev–Trinajstić information content (AvgIpc) is 2.86. The second-order valence-corrected chi connectivity index (χ2v) is 5.74. The van der Waals surface area contributed by atoms with Crippen LogP contribution in [0.5, 0.6) is 0 Å². The smallest absolute Gasteiger partial charge is 0.317 e. The molecule has 3 heterocycles. The molecule has 0 aromatic carbocycles. The fourth-order valence-electron chi connectivity index (χ4n) is 2.99. The van der Waals surface area contributed by atoms with E-state index in [1.165, 1.54) is 5.56 Å². The lowest BCUT2D eigenvalue weighted by Gasteiger charge is -2.36. The summed E-state index contributed by atoms with van der Waals surface area (Å²) >= 11 is 0. The number of carbonyl (C=O) groups excluding carboxylic acids is 1. The number of pyridine rings is 1. The third-order valence-corrected chi connectivity index (χ3v) is 4.10. The Kier molecular flexibility index (Phi) is 4.24. The SMILES string of the molecule is CCCNc1cc(CN2CCN3C(=O)NCC3C2)ccn1. The van der Waals surface area contributed by atoms with Crippen molar-refractivity contribution in [1.82, 2.24) is 20.1 Å². The van der Waals surface area contributed by atoms with Gasteiger partial charge in [0.25, 0.3) is 0 Å². The number of carbonyl (C=O) groups is 1. The maximum absolute atomic E-state index is 11.6. The van der Waals surface area contributed by atoms with Crippen LogP contribution in [-0.2, 0) is 6.54 Å². The topological polar surface area (TPSA) is 60.5 Å². The van der Waals surface area contributed by atoms with Gasteiger partial charge in [-0.05, 0) is 24.1 Å². The highest BCUT2D eigenvalue weighted by Crippen LogP contribution is 2.17. The molecular formula is C15H23N5O. The second kappa shape index (κ2) is 6.30. The molecule has 1 unspecified atom stereocenters. The highest BCUT2D eigenvalue weighted by molar-refractivity contribution is 5.77. The monoisotopic (exact) mass is 289 g/mol. The zero-order valence-electron chi connectivity index (χ0n) is 12.5. The molecule has 0 bridgehead atoms. The van der Waals surface area contributed by atoms with Crippen molar-refractivity contribution in [2.45, 2.75) is 25.9 Å². The Morgan fingerprint density at radius 2 is 2.38 bits per heavy atom. The Labute approximate surface area is 125 Å².